The number of ether oxygens (including phenoxy) is 1. The van der Waals surface area contributed by atoms with Crippen molar-refractivity contribution in [1.29, 1.82) is 0 Å². The van der Waals surface area contributed by atoms with Crippen molar-refractivity contribution >= 4 is 5.76 Å². The van der Waals surface area contributed by atoms with Gasteiger partial charge in [-0.05, 0) is 31.1 Å². The van der Waals surface area contributed by atoms with Gasteiger partial charge in [0.25, 0.3) is 0 Å². The van der Waals surface area contributed by atoms with Crippen LogP contribution in [0.4, 0.5) is 0 Å². The van der Waals surface area contributed by atoms with E-state index in [1.165, 1.54) is 11.1 Å². The molecule has 2 aromatic rings. The van der Waals surface area contributed by atoms with Gasteiger partial charge in [0.2, 0.25) is 0 Å². The zero-order valence-electron chi connectivity index (χ0n) is 14.5. The molecule has 2 heteroatoms. The second-order valence-electron chi connectivity index (χ2n) is 6.59. The first-order valence-electron chi connectivity index (χ1n) is 8.48. The summed E-state index contributed by atoms with van der Waals surface area (Å²) in [4.78, 5) is 2.41. The van der Waals surface area contributed by atoms with Crippen LogP contribution in [0.2, 0.25) is 0 Å². The number of benzene rings is 2. The SMILES string of the molecule is C=C(C)/C=C(/OC1CN(Cc2ccccc2)C1)c1ccccc1C. The summed E-state index contributed by atoms with van der Waals surface area (Å²) >= 11 is 0. The highest BCUT2D eigenvalue weighted by atomic mass is 16.5. The zero-order valence-corrected chi connectivity index (χ0v) is 14.5. The van der Waals surface area contributed by atoms with Gasteiger partial charge in [-0.25, -0.2) is 0 Å². The van der Waals surface area contributed by atoms with Crippen molar-refractivity contribution in [2.24, 2.45) is 0 Å². The number of nitrogens with zero attached hydrogens (tertiary/aromatic N) is 1. The van der Waals surface area contributed by atoms with Crippen LogP contribution in [-0.4, -0.2) is 24.1 Å². The summed E-state index contributed by atoms with van der Waals surface area (Å²) < 4.78 is 6.29. The minimum Gasteiger partial charge on any atom is -0.487 e. The maximum Gasteiger partial charge on any atom is 0.127 e. The Morgan fingerprint density at radius 1 is 1.12 bits per heavy atom. The van der Waals surface area contributed by atoms with Crippen LogP contribution in [0.25, 0.3) is 5.76 Å². The van der Waals surface area contributed by atoms with E-state index in [0.717, 1.165) is 36.5 Å². The summed E-state index contributed by atoms with van der Waals surface area (Å²) in [6, 6.07) is 18.9. The lowest BCUT2D eigenvalue weighted by atomic mass is 10.0. The van der Waals surface area contributed by atoms with Crippen LogP contribution >= 0.6 is 0 Å². The predicted octanol–water partition coefficient (Wildman–Crippen LogP) is 4.81. The van der Waals surface area contributed by atoms with Gasteiger partial charge in [-0.1, -0.05) is 66.7 Å². The molecule has 0 unspecified atom stereocenters. The highest BCUT2D eigenvalue weighted by molar-refractivity contribution is 5.65. The van der Waals surface area contributed by atoms with E-state index in [0.29, 0.717) is 0 Å². The van der Waals surface area contributed by atoms with Gasteiger partial charge in [-0.2, -0.15) is 0 Å². The van der Waals surface area contributed by atoms with Crippen molar-refractivity contribution < 1.29 is 4.74 Å². The fourth-order valence-corrected chi connectivity index (χ4v) is 3.00. The topological polar surface area (TPSA) is 12.5 Å². The Morgan fingerprint density at radius 3 is 2.46 bits per heavy atom. The lowest BCUT2D eigenvalue weighted by molar-refractivity contribution is -0.00285. The third-order valence-corrected chi connectivity index (χ3v) is 4.25. The van der Waals surface area contributed by atoms with Crippen molar-refractivity contribution in [3.63, 3.8) is 0 Å². The second-order valence-corrected chi connectivity index (χ2v) is 6.59. The molecule has 3 rings (SSSR count). The lowest BCUT2D eigenvalue weighted by Gasteiger charge is -2.39. The van der Waals surface area contributed by atoms with Crippen LogP contribution in [0, 0.1) is 6.92 Å². The van der Waals surface area contributed by atoms with Gasteiger partial charge in [-0.15, -0.1) is 0 Å². The Hall–Kier alpha value is -2.32. The molecular weight excluding hydrogens is 294 g/mol. The first kappa shape index (κ1) is 16.5. The zero-order chi connectivity index (χ0) is 16.9. The van der Waals surface area contributed by atoms with Crippen molar-refractivity contribution in [3.8, 4) is 0 Å². The minimum atomic E-state index is 0.249. The quantitative estimate of drug-likeness (QED) is 0.559. The largest absolute Gasteiger partial charge is 0.487 e. The minimum absolute atomic E-state index is 0.249. The molecule has 0 N–H and O–H groups in total. The highest BCUT2D eigenvalue weighted by Crippen LogP contribution is 2.26. The first-order chi connectivity index (χ1) is 11.6. The number of aryl methyl sites for hydroxylation is 1. The van der Waals surface area contributed by atoms with Crippen LogP contribution in [0.5, 0.6) is 0 Å². The molecule has 24 heavy (non-hydrogen) atoms. The molecule has 0 radical (unpaired) electrons. The van der Waals surface area contributed by atoms with Gasteiger partial charge in [0.15, 0.2) is 0 Å². The molecule has 0 bridgehead atoms. The van der Waals surface area contributed by atoms with E-state index in [2.05, 4.69) is 73.0 Å². The Kier molecular flexibility index (Phi) is 5.17. The Morgan fingerprint density at radius 2 is 1.79 bits per heavy atom. The average molecular weight is 319 g/mol. The maximum absolute atomic E-state index is 6.29. The lowest BCUT2D eigenvalue weighted by Crippen LogP contribution is -2.51. The summed E-state index contributed by atoms with van der Waals surface area (Å²) in [7, 11) is 0. The van der Waals surface area contributed by atoms with E-state index < -0.39 is 0 Å². The number of rotatable bonds is 6. The molecule has 2 nitrogen and oxygen atoms in total. The summed E-state index contributed by atoms with van der Waals surface area (Å²) in [6.07, 6.45) is 2.29. The highest BCUT2D eigenvalue weighted by Gasteiger charge is 2.29. The van der Waals surface area contributed by atoms with Crippen molar-refractivity contribution in [3.05, 3.63) is 89.5 Å². The van der Waals surface area contributed by atoms with Gasteiger partial charge in [0.1, 0.15) is 11.9 Å². The predicted molar refractivity (Wildman–Crippen MR) is 101 cm³/mol. The van der Waals surface area contributed by atoms with Gasteiger partial charge >= 0.3 is 0 Å². The maximum atomic E-state index is 6.29. The fraction of sp³-hybridized carbons (Fsp3) is 0.273. The number of allylic oxidation sites excluding steroid dienone is 2. The van der Waals surface area contributed by atoms with Crippen LogP contribution in [0.15, 0.2) is 72.8 Å². The third-order valence-electron chi connectivity index (χ3n) is 4.25. The van der Waals surface area contributed by atoms with Crippen molar-refractivity contribution in [2.45, 2.75) is 26.5 Å². The molecule has 0 spiro atoms. The smallest absolute Gasteiger partial charge is 0.127 e. The monoisotopic (exact) mass is 319 g/mol. The van der Waals surface area contributed by atoms with Gasteiger partial charge in [0, 0.05) is 25.2 Å². The van der Waals surface area contributed by atoms with Crippen LogP contribution in [0.1, 0.15) is 23.6 Å². The molecule has 2 aromatic carbocycles. The number of likely N-dealkylation sites (tertiary alicyclic amines) is 1. The Balaban J connectivity index is 1.62. The molecule has 0 aromatic heterocycles. The van der Waals surface area contributed by atoms with Gasteiger partial charge in [-0.3, -0.25) is 4.90 Å². The summed E-state index contributed by atoms with van der Waals surface area (Å²) in [5.74, 6) is 0.935. The van der Waals surface area contributed by atoms with Gasteiger partial charge < -0.3 is 4.74 Å². The van der Waals surface area contributed by atoms with E-state index in [9.17, 15) is 0 Å². The number of hydrogen-bond acceptors (Lipinski definition) is 2. The van der Waals surface area contributed by atoms with E-state index in [1.807, 2.05) is 13.0 Å². The van der Waals surface area contributed by atoms with E-state index in [1.54, 1.807) is 0 Å². The van der Waals surface area contributed by atoms with Gasteiger partial charge in [0.05, 0.1) is 0 Å². The normalized spacial score (nSPS) is 15.8. The standard InChI is InChI=1S/C22H25NO/c1-17(2)13-22(21-12-8-7-9-18(21)3)24-20-15-23(16-20)14-19-10-5-4-6-11-19/h4-13,20H,1,14-16H2,2-3H3/b22-13+. The Labute approximate surface area is 145 Å². The van der Waals surface area contributed by atoms with Crippen LogP contribution in [0.3, 0.4) is 0 Å². The fourth-order valence-electron chi connectivity index (χ4n) is 3.00. The molecule has 1 heterocycles. The molecular formula is C22H25NO. The van der Waals surface area contributed by atoms with E-state index in [-0.39, 0.29) is 6.10 Å². The molecule has 0 amide bonds. The van der Waals surface area contributed by atoms with E-state index >= 15 is 0 Å². The number of hydrogen-bond donors (Lipinski definition) is 0. The second kappa shape index (κ2) is 7.50. The molecule has 1 aliphatic heterocycles. The molecule has 1 saturated heterocycles. The first-order valence-corrected chi connectivity index (χ1v) is 8.48. The van der Waals surface area contributed by atoms with Crippen LogP contribution in [-0.2, 0) is 11.3 Å². The third kappa shape index (κ3) is 4.15. The summed E-state index contributed by atoms with van der Waals surface area (Å²) in [5, 5.41) is 0. The molecule has 124 valence electrons. The van der Waals surface area contributed by atoms with Crippen molar-refractivity contribution in [1.82, 2.24) is 4.90 Å². The summed E-state index contributed by atoms with van der Waals surface area (Å²) in [5.41, 5.74) is 4.74. The van der Waals surface area contributed by atoms with E-state index in [4.69, 9.17) is 4.74 Å². The van der Waals surface area contributed by atoms with Crippen molar-refractivity contribution in [2.75, 3.05) is 13.1 Å². The Bertz CT molecular complexity index is 727. The molecule has 1 fully saturated rings. The average Bonchev–Trinajstić information content (AvgIpc) is 2.53. The molecule has 0 aliphatic carbocycles. The molecule has 1 aliphatic rings. The summed E-state index contributed by atoms with van der Waals surface area (Å²) in [6.45, 7) is 11.1. The molecule has 0 saturated carbocycles. The van der Waals surface area contributed by atoms with Crippen LogP contribution < -0.4 is 0 Å². The molecule has 0 atom stereocenters.